The maximum absolute atomic E-state index is 2.58. The van der Waals surface area contributed by atoms with Crippen molar-refractivity contribution in [3.05, 3.63) is 149 Å². The molecule has 2 atom stereocenters. The minimum Gasteiger partial charge on any atom is -0.0839 e. The smallest absolute Gasteiger partial charge is 0.00613 e. The zero-order valence-electron chi connectivity index (χ0n) is 24.1. The van der Waals surface area contributed by atoms with Gasteiger partial charge in [0.25, 0.3) is 0 Å². The predicted molar refractivity (Wildman–Crippen MR) is 181 cm³/mol. The van der Waals surface area contributed by atoms with Gasteiger partial charge in [-0.05, 0) is 104 Å². The van der Waals surface area contributed by atoms with Gasteiger partial charge in [-0.2, -0.15) is 0 Å². The van der Waals surface area contributed by atoms with E-state index in [9.17, 15) is 0 Å². The number of fused-ring (bicyclic) bond motifs is 3. The van der Waals surface area contributed by atoms with Crippen LogP contribution in [0, 0.1) is 11.8 Å². The predicted octanol–water partition coefficient (Wildman–Crippen LogP) is 9.75. The molecule has 0 fully saturated rings. The van der Waals surface area contributed by atoms with E-state index >= 15 is 0 Å². The van der Waals surface area contributed by atoms with Crippen LogP contribution in [-0.2, 0) is 0 Å². The third kappa shape index (κ3) is 4.38. The lowest BCUT2D eigenvalue weighted by atomic mass is 9.75. The normalized spacial score (nSPS) is 21.3. The van der Waals surface area contributed by atoms with Crippen molar-refractivity contribution in [2.75, 3.05) is 0 Å². The Morgan fingerprint density at radius 2 is 1.31 bits per heavy atom. The number of benzene rings is 4. The summed E-state index contributed by atoms with van der Waals surface area (Å²) in [6.45, 7) is 0. The Hall–Kier alpha value is -4.42. The second kappa shape index (κ2) is 10.8. The Labute approximate surface area is 248 Å². The molecule has 0 bridgehead atoms. The quantitative estimate of drug-likeness (QED) is 0.242. The van der Waals surface area contributed by atoms with Crippen molar-refractivity contribution < 1.29 is 0 Å². The van der Waals surface area contributed by atoms with Gasteiger partial charge in [0.1, 0.15) is 0 Å². The molecule has 0 aromatic heterocycles. The van der Waals surface area contributed by atoms with Crippen molar-refractivity contribution in [1.29, 1.82) is 0 Å². The summed E-state index contributed by atoms with van der Waals surface area (Å²) in [4.78, 5) is 0. The van der Waals surface area contributed by atoms with E-state index in [0.29, 0.717) is 11.8 Å². The lowest BCUT2D eigenvalue weighted by Crippen LogP contribution is -2.33. The highest BCUT2D eigenvalue weighted by Crippen LogP contribution is 2.41. The van der Waals surface area contributed by atoms with E-state index in [4.69, 9.17) is 0 Å². The van der Waals surface area contributed by atoms with E-state index in [2.05, 4.69) is 134 Å². The van der Waals surface area contributed by atoms with Crippen LogP contribution in [0.5, 0.6) is 0 Å². The standard InChI is InChI=1S/C42H36/c1-3-14-29(15-4-1)32-26-33(30-16-5-2-6-17-30)28-34(27-32)41-37-21-9-11-23-39(37)42(40-24-12-10-22-38(40)41)36-25-13-19-31-18-7-8-20-35(31)36/h1,3-5,7-9,11,13-14,16-27,29,33H,2,6,10,12,15,28H2. The fourth-order valence-electron chi connectivity index (χ4n) is 7.63. The number of hydrogen-bond donors (Lipinski definition) is 0. The van der Waals surface area contributed by atoms with E-state index < -0.39 is 0 Å². The highest BCUT2D eigenvalue weighted by Gasteiger charge is 2.26. The molecule has 4 aromatic rings. The van der Waals surface area contributed by atoms with E-state index in [-0.39, 0.29) is 0 Å². The highest BCUT2D eigenvalue weighted by atomic mass is 14.3. The van der Waals surface area contributed by atoms with Crippen LogP contribution in [0.4, 0.5) is 0 Å². The van der Waals surface area contributed by atoms with Gasteiger partial charge in [0.15, 0.2) is 0 Å². The monoisotopic (exact) mass is 540 g/mol. The largest absolute Gasteiger partial charge is 0.0839 e. The average Bonchev–Trinajstić information content (AvgIpc) is 3.07. The van der Waals surface area contributed by atoms with Crippen molar-refractivity contribution >= 4 is 39.3 Å². The zero-order valence-corrected chi connectivity index (χ0v) is 24.1. The maximum atomic E-state index is 2.58. The van der Waals surface area contributed by atoms with Crippen LogP contribution in [-0.4, -0.2) is 0 Å². The van der Waals surface area contributed by atoms with Gasteiger partial charge < -0.3 is 0 Å². The molecule has 4 aromatic carbocycles. The molecule has 4 aliphatic carbocycles. The molecule has 42 heavy (non-hydrogen) atoms. The van der Waals surface area contributed by atoms with E-state index in [1.54, 1.807) is 0 Å². The SMILES string of the molecule is C1=CCC(C2=CC(C3=CCCC=C3)CC(c3c4c(c(-c5cccc6ccccc56)c5ccccc35)=CCCC=4)=C2)C=C1. The summed E-state index contributed by atoms with van der Waals surface area (Å²) in [6.07, 6.45) is 33.2. The lowest BCUT2D eigenvalue weighted by molar-refractivity contribution is 0.722. The molecule has 0 heterocycles. The van der Waals surface area contributed by atoms with Crippen LogP contribution < -0.4 is 10.4 Å². The molecule has 0 radical (unpaired) electrons. The zero-order chi connectivity index (χ0) is 27.9. The molecule has 204 valence electrons. The molecule has 0 N–H and O–H groups in total. The Bertz CT molecular complexity index is 2030. The summed E-state index contributed by atoms with van der Waals surface area (Å²) in [6, 6.07) is 24.8. The second-order valence-corrected chi connectivity index (χ2v) is 12.1. The van der Waals surface area contributed by atoms with Crippen molar-refractivity contribution in [2.45, 2.75) is 38.5 Å². The van der Waals surface area contributed by atoms with Gasteiger partial charge in [-0.15, -0.1) is 0 Å². The van der Waals surface area contributed by atoms with Crippen molar-refractivity contribution in [3.8, 4) is 11.1 Å². The molecule has 0 spiro atoms. The molecule has 8 rings (SSSR count). The number of allylic oxidation sites excluding steroid dienone is 12. The molecule has 2 unspecified atom stereocenters. The van der Waals surface area contributed by atoms with Crippen LogP contribution in [0.15, 0.2) is 133 Å². The third-order valence-corrected chi connectivity index (χ3v) is 9.57. The summed E-state index contributed by atoms with van der Waals surface area (Å²) in [7, 11) is 0. The second-order valence-electron chi connectivity index (χ2n) is 12.1. The molecule has 0 heteroatoms. The van der Waals surface area contributed by atoms with Crippen LogP contribution in [0.1, 0.15) is 44.1 Å². The minimum absolute atomic E-state index is 0.413. The van der Waals surface area contributed by atoms with Crippen molar-refractivity contribution in [2.24, 2.45) is 11.8 Å². The Morgan fingerprint density at radius 1 is 0.571 bits per heavy atom. The summed E-state index contributed by atoms with van der Waals surface area (Å²) < 4.78 is 0. The molecule has 4 aliphatic rings. The summed E-state index contributed by atoms with van der Waals surface area (Å²) in [5.41, 5.74) is 8.62. The Kier molecular flexibility index (Phi) is 6.49. The molecule has 0 saturated carbocycles. The first-order valence-electron chi connectivity index (χ1n) is 15.7. The van der Waals surface area contributed by atoms with Gasteiger partial charge in [0.2, 0.25) is 0 Å². The van der Waals surface area contributed by atoms with Crippen LogP contribution >= 0.6 is 0 Å². The fourth-order valence-corrected chi connectivity index (χ4v) is 7.63. The van der Waals surface area contributed by atoms with Gasteiger partial charge in [-0.1, -0.05) is 134 Å². The number of rotatable bonds is 4. The summed E-state index contributed by atoms with van der Waals surface area (Å²) >= 11 is 0. The highest BCUT2D eigenvalue weighted by molar-refractivity contribution is 6.09. The van der Waals surface area contributed by atoms with E-state index in [1.807, 2.05) is 0 Å². The van der Waals surface area contributed by atoms with E-state index in [0.717, 1.165) is 38.5 Å². The molecular weight excluding hydrogens is 504 g/mol. The molecule has 0 nitrogen and oxygen atoms in total. The lowest BCUT2D eigenvalue weighted by Gasteiger charge is -2.29. The summed E-state index contributed by atoms with van der Waals surface area (Å²) in [5, 5.41) is 8.21. The van der Waals surface area contributed by atoms with Crippen molar-refractivity contribution in [1.82, 2.24) is 0 Å². The first-order chi connectivity index (χ1) is 20.8. The first kappa shape index (κ1) is 25.3. The molecule has 0 aliphatic heterocycles. The topological polar surface area (TPSA) is 0 Å². The molecule has 0 amide bonds. The average molecular weight is 541 g/mol. The summed E-state index contributed by atoms with van der Waals surface area (Å²) in [5.74, 6) is 0.851. The van der Waals surface area contributed by atoms with Gasteiger partial charge in [0, 0.05) is 11.8 Å². The van der Waals surface area contributed by atoms with Gasteiger partial charge in [0.05, 0.1) is 0 Å². The van der Waals surface area contributed by atoms with Gasteiger partial charge in [-0.3, -0.25) is 0 Å². The van der Waals surface area contributed by atoms with Crippen LogP contribution in [0.25, 0.3) is 50.4 Å². The third-order valence-electron chi connectivity index (χ3n) is 9.57. The van der Waals surface area contributed by atoms with Gasteiger partial charge in [-0.25, -0.2) is 0 Å². The van der Waals surface area contributed by atoms with Gasteiger partial charge >= 0.3 is 0 Å². The van der Waals surface area contributed by atoms with Crippen molar-refractivity contribution in [3.63, 3.8) is 0 Å². The molecule has 0 saturated heterocycles. The van der Waals surface area contributed by atoms with Crippen LogP contribution in [0.3, 0.4) is 0 Å². The fraction of sp³-hybridized carbons (Fsp3) is 0.190. The van der Waals surface area contributed by atoms with E-state index in [1.165, 1.54) is 65.4 Å². The Morgan fingerprint density at radius 3 is 2.10 bits per heavy atom. The first-order valence-corrected chi connectivity index (χ1v) is 15.7. The Balaban J connectivity index is 1.40. The maximum Gasteiger partial charge on any atom is 0.00613 e. The molecular formula is C42H36. The van der Waals surface area contributed by atoms with Crippen LogP contribution in [0.2, 0.25) is 0 Å². The minimum atomic E-state index is 0.413. The number of hydrogen-bond acceptors (Lipinski definition) is 0.